The molecule has 0 aromatic heterocycles. The normalized spacial score (nSPS) is 18.1. The summed E-state index contributed by atoms with van der Waals surface area (Å²) in [7, 11) is 1.33. The van der Waals surface area contributed by atoms with Gasteiger partial charge in [-0.1, -0.05) is 6.07 Å². The molecule has 0 spiro atoms. The van der Waals surface area contributed by atoms with Crippen LogP contribution in [0.4, 0.5) is 5.69 Å². The van der Waals surface area contributed by atoms with Crippen molar-refractivity contribution >= 4 is 17.6 Å². The van der Waals surface area contributed by atoms with Crippen LogP contribution >= 0.6 is 0 Å². The topological polar surface area (TPSA) is 64.6 Å². The van der Waals surface area contributed by atoms with Gasteiger partial charge in [-0.15, -0.1) is 0 Å². The Balaban J connectivity index is 2.16. The zero-order valence-electron chi connectivity index (χ0n) is 11.1. The molecule has 1 N–H and O–H groups in total. The first-order chi connectivity index (χ1) is 9.13. The molecule has 1 amide bonds. The van der Waals surface area contributed by atoms with Crippen LogP contribution < -0.4 is 5.32 Å². The van der Waals surface area contributed by atoms with Gasteiger partial charge in [0.25, 0.3) is 5.91 Å². The van der Waals surface area contributed by atoms with Crippen LogP contribution in [0.3, 0.4) is 0 Å². The van der Waals surface area contributed by atoms with Gasteiger partial charge in [-0.05, 0) is 37.5 Å². The molecule has 1 aliphatic rings. The second-order valence-corrected chi connectivity index (χ2v) is 4.46. The van der Waals surface area contributed by atoms with Crippen molar-refractivity contribution in [1.82, 2.24) is 0 Å². The molecule has 1 fully saturated rings. The van der Waals surface area contributed by atoms with E-state index < -0.39 is 5.97 Å². The number of carbonyl (C=O) groups excluding carboxylic acids is 2. The monoisotopic (exact) mass is 263 g/mol. The Morgan fingerprint density at radius 3 is 2.84 bits per heavy atom. The summed E-state index contributed by atoms with van der Waals surface area (Å²) in [5.74, 6) is -0.576. The minimum absolute atomic E-state index is 0.164. The lowest BCUT2D eigenvalue weighted by molar-refractivity contribution is -0.124. The quantitative estimate of drug-likeness (QED) is 0.846. The highest BCUT2D eigenvalue weighted by Crippen LogP contribution is 2.21. The van der Waals surface area contributed by atoms with Crippen molar-refractivity contribution in [2.45, 2.75) is 25.9 Å². The van der Waals surface area contributed by atoms with Gasteiger partial charge in [-0.3, -0.25) is 4.79 Å². The maximum absolute atomic E-state index is 12.0. The molecule has 1 aromatic carbocycles. The van der Waals surface area contributed by atoms with Gasteiger partial charge in [0.1, 0.15) is 6.10 Å². The zero-order valence-corrected chi connectivity index (χ0v) is 11.1. The fraction of sp³-hybridized carbons (Fsp3) is 0.429. The summed E-state index contributed by atoms with van der Waals surface area (Å²) in [6.45, 7) is 2.40. The van der Waals surface area contributed by atoms with Gasteiger partial charge < -0.3 is 14.8 Å². The Morgan fingerprint density at radius 2 is 2.21 bits per heavy atom. The standard InChI is InChI=1S/C14H17NO4/c1-9-10(14(17)18-2)5-3-6-11(9)15-13(16)12-7-4-8-19-12/h3,5-6,12H,4,7-8H2,1-2H3,(H,15,16). The van der Waals surface area contributed by atoms with Gasteiger partial charge >= 0.3 is 5.97 Å². The molecule has 0 aliphatic carbocycles. The molecule has 0 bridgehead atoms. The van der Waals surface area contributed by atoms with E-state index in [4.69, 9.17) is 9.47 Å². The van der Waals surface area contributed by atoms with Crippen molar-refractivity contribution < 1.29 is 19.1 Å². The maximum atomic E-state index is 12.0. The summed E-state index contributed by atoms with van der Waals surface area (Å²) in [6.07, 6.45) is 1.25. The van der Waals surface area contributed by atoms with Crippen LogP contribution in [0.25, 0.3) is 0 Å². The number of benzene rings is 1. The van der Waals surface area contributed by atoms with Crippen LogP contribution in [-0.2, 0) is 14.3 Å². The molecule has 0 radical (unpaired) electrons. The smallest absolute Gasteiger partial charge is 0.338 e. The van der Waals surface area contributed by atoms with E-state index in [-0.39, 0.29) is 12.0 Å². The molecule has 5 nitrogen and oxygen atoms in total. The van der Waals surface area contributed by atoms with E-state index in [0.717, 1.165) is 12.8 Å². The molecule has 1 aliphatic heterocycles. The summed E-state index contributed by atoms with van der Waals surface area (Å²) >= 11 is 0. The summed E-state index contributed by atoms with van der Waals surface area (Å²) in [6, 6.07) is 5.14. The summed E-state index contributed by atoms with van der Waals surface area (Å²) < 4.78 is 10.0. The molecular formula is C14H17NO4. The number of ether oxygens (including phenoxy) is 2. The molecule has 2 rings (SSSR count). The number of hydrogen-bond acceptors (Lipinski definition) is 4. The van der Waals surface area contributed by atoms with E-state index in [1.807, 2.05) is 0 Å². The molecule has 1 heterocycles. The number of esters is 1. The predicted octanol–water partition coefficient (Wildman–Crippen LogP) is 1.90. The Morgan fingerprint density at radius 1 is 1.42 bits per heavy atom. The van der Waals surface area contributed by atoms with E-state index in [1.54, 1.807) is 25.1 Å². The van der Waals surface area contributed by atoms with Gasteiger partial charge in [-0.2, -0.15) is 0 Å². The number of amides is 1. The fourth-order valence-electron chi connectivity index (χ4n) is 2.10. The van der Waals surface area contributed by atoms with Gasteiger partial charge in [0.05, 0.1) is 12.7 Å². The predicted molar refractivity (Wildman–Crippen MR) is 70.1 cm³/mol. The van der Waals surface area contributed by atoms with Crippen molar-refractivity contribution in [3.8, 4) is 0 Å². The molecule has 1 aromatic rings. The molecule has 1 saturated heterocycles. The van der Waals surface area contributed by atoms with Crippen molar-refractivity contribution in [1.29, 1.82) is 0 Å². The second kappa shape index (κ2) is 5.84. The number of carbonyl (C=O) groups is 2. The number of nitrogens with one attached hydrogen (secondary N) is 1. The SMILES string of the molecule is COC(=O)c1cccc(NC(=O)C2CCCO2)c1C. The third-order valence-corrected chi connectivity index (χ3v) is 3.22. The highest BCUT2D eigenvalue weighted by atomic mass is 16.5. The number of hydrogen-bond donors (Lipinski definition) is 1. The van der Waals surface area contributed by atoms with Crippen LogP contribution in [0.15, 0.2) is 18.2 Å². The lowest BCUT2D eigenvalue weighted by Gasteiger charge is -2.14. The van der Waals surface area contributed by atoms with Crippen LogP contribution in [0.5, 0.6) is 0 Å². The molecule has 5 heteroatoms. The molecule has 0 saturated carbocycles. The van der Waals surface area contributed by atoms with Crippen LogP contribution in [-0.4, -0.2) is 31.7 Å². The molecule has 19 heavy (non-hydrogen) atoms. The molecule has 1 atom stereocenters. The Labute approximate surface area is 111 Å². The fourth-order valence-corrected chi connectivity index (χ4v) is 2.10. The van der Waals surface area contributed by atoms with Gasteiger partial charge in [0.2, 0.25) is 0 Å². The largest absolute Gasteiger partial charge is 0.465 e. The van der Waals surface area contributed by atoms with Gasteiger partial charge in [0.15, 0.2) is 0 Å². The summed E-state index contributed by atoms with van der Waals surface area (Å²) in [5, 5.41) is 2.80. The Kier molecular flexibility index (Phi) is 4.16. The highest BCUT2D eigenvalue weighted by Gasteiger charge is 2.24. The molecule has 102 valence electrons. The average molecular weight is 263 g/mol. The molecular weight excluding hydrogens is 246 g/mol. The van der Waals surface area contributed by atoms with Crippen molar-refractivity contribution in [2.75, 3.05) is 19.0 Å². The van der Waals surface area contributed by atoms with Crippen LogP contribution in [0, 0.1) is 6.92 Å². The average Bonchev–Trinajstić information content (AvgIpc) is 2.94. The van der Waals surface area contributed by atoms with E-state index in [2.05, 4.69) is 5.32 Å². The number of rotatable bonds is 3. The molecule has 1 unspecified atom stereocenters. The van der Waals surface area contributed by atoms with E-state index in [9.17, 15) is 9.59 Å². The van der Waals surface area contributed by atoms with Gasteiger partial charge in [0, 0.05) is 12.3 Å². The van der Waals surface area contributed by atoms with Crippen LogP contribution in [0.1, 0.15) is 28.8 Å². The Bertz CT molecular complexity index is 492. The van der Waals surface area contributed by atoms with Crippen molar-refractivity contribution in [3.63, 3.8) is 0 Å². The Hall–Kier alpha value is -1.88. The minimum Gasteiger partial charge on any atom is -0.465 e. The van der Waals surface area contributed by atoms with Crippen LogP contribution in [0.2, 0.25) is 0 Å². The lowest BCUT2D eigenvalue weighted by Crippen LogP contribution is -2.27. The number of methoxy groups -OCH3 is 1. The maximum Gasteiger partial charge on any atom is 0.338 e. The van der Waals surface area contributed by atoms with Crippen molar-refractivity contribution in [2.24, 2.45) is 0 Å². The van der Waals surface area contributed by atoms with Crippen molar-refractivity contribution in [3.05, 3.63) is 29.3 Å². The summed E-state index contributed by atoms with van der Waals surface area (Å²) in [4.78, 5) is 23.5. The van der Waals surface area contributed by atoms with E-state index >= 15 is 0 Å². The highest BCUT2D eigenvalue weighted by molar-refractivity contribution is 5.98. The zero-order chi connectivity index (χ0) is 13.8. The summed E-state index contributed by atoms with van der Waals surface area (Å²) in [5.41, 5.74) is 1.76. The van der Waals surface area contributed by atoms with Gasteiger partial charge in [-0.25, -0.2) is 4.79 Å². The first-order valence-corrected chi connectivity index (χ1v) is 6.24. The second-order valence-electron chi connectivity index (χ2n) is 4.46. The first kappa shape index (κ1) is 13.5. The third kappa shape index (κ3) is 2.93. The third-order valence-electron chi connectivity index (χ3n) is 3.22. The first-order valence-electron chi connectivity index (χ1n) is 6.24. The van der Waals surface area contributed by atoms with E-state index in [1.165, 1.54) is 7.11 Å². The lowest BCUT2D eigenvalue weighted by atomic mass is 10.1. The minimum atomic E-state index is -0.411. The van der Waals surface area contributed by atoms with E-state index in [0.29, 0.717) is 23.4 Å². The number of anilines is 1.